The number of hydrogen-bond donors (Lipinski definition) is 0. The van der Waals surface area contributed by atoms with E-state index < -0.39 is 0 Å². The molecule has 1 aromatic heterocycles. The van der Waals surface area contributed by atoms with E-state index in [1.54, 1.807) is 0 Å². The average molecular weight is 189 g/mol. The highest BCUT2D eigenvalue weighted by Gasteiger charge is 2.21. The maximum absolute atomic E-state index is 10.6. The first kappa shape index (κ1) is 9.38. The van der Waals surface area contributed by atoms with Crippen LogP contribution in [0.2, 0.25) is 0 Å². The number of carbonyl (C=O) groups excluding carboxylic acids is 1. The second-order valence-corrected chi connectivity index (χ2v) is 4.03. The van der Waals surface area contributed by atoms with Gasteiger partial charge in [0.15, 0.2) is 0 Å². The third kappa shape index (κ3) is 2.00. The standard InChI is InChI=1S/C12H15NO/c14-9-10-1-3-11(4-2-10)12-5-7-13-8-6-12/h5-11H,1-4H2. The number of rotatable bonds is 2. The molecule has 0 bridgehead atoms. The van der Waals surface area contributed by atoms with Crippen LogP contribution in [0.1, 0.15) is 37.2 Å². The van der Waals surface area contributed by atoms with E-state index in [1.807, 2.05) is 12.4 Å². The van der Waals surface area contributed by atoms with Gasteiger partial charge in [-0.3, -0.25) is 4.98 Å². The van der Waals surface area contributed by atoms with Crippen LogP contribution >= 0.6 is 0 Å². The molecular formula is C12H15NO. The Hall–Kier alpha value is -1.18. The van der Waals surface area contributed by atoms with Crippen LogP contribution in [-0.4, -0.2) is 11.3 Å². The zero-order chi connectivity index (χ0) is 9.80. The molecule has 1 heterocycles. The molecule has 0 saturated heterocycles. The Morgan fingerprint density at radius 2 is 1.79 bits per heavy atom. The molecule has 1 saturated carbocycles. The number of aldehydes is 1. The summed E-state index contributed by atoms with van der Waals surface area (Å²) in [5, 5.41) is 0. The largest absolute Gasteiger partial charge is 0.303 e. The maximum Gasteiger partial charge on any atom is 0.123 e. The molecule has 14 heavy (non-hydrogen) atoms. The van der Waals surface area contributed by atoms with Gasteiger partial charge in [0.25, 0.3) is 0 Å². The van der Waals surface area contributed by atoms with E-state index in [0.29, 0.717) is 11.8 Å². The van der Waals surface area contributed by atoms with Crippen molar-refractivity contribution in [1.29, 1.82) is 0 Å². The second kappa shape index (κ2) is 4.36. The van der Waals surface area contributed by atoms with Gasteiger partial charge in [0, 0.05) is 18.3 Å². The molecule has 0 unspecified atom stereocenters. The summed E-state index contributed by atoms with van der Waals surface area (Å²) in [4.78, 5) is 14.6. The molecule has 0 aliphatic heterocycles. The van der Waals surface area contributed by atoms with Gasteiger partial charge < -0.3 is 4.79 Å². The predicted octanol–water partition coefficient (Wildman–Crippen LogP) is 2.55. The molecule has 0 amide bonds. The van der Waals surface area contributed by atoms with E-state index in [-0.39, 0.29) is 0 Å². The maximum atomic E-state index is 10.6. The van der Waals surface area contributed by atoms with E-state index in [1.165, 1.54) is 5.56 Å². The fourth-order valence-electron chi connectivity index (χ4n) is 2.22. The number of carbonyl (C=O) groups is 1. The fourth-order valence-corrected chi connectivity index (χ4v) is 2.22. The minimum Gasteiger partial charge on any atom is -0.303 e. The lowest BCUT2D eigenvalue weighted by Gasteiger charge is -2.25. The van der Waals surface area contributed by atoms with Crippen LogP contribution in [0.15, 0.2) is 24.5 Å². The molecule has 2 nitrogen and oxygen atoms in total. The molecule has 0 aromatic carbocycles. The zero-order valence-electron chi connectivity index (χ0n) is 8.23. The highest BCUT2D eigenvalue weighted by atomic mass is 16.1. The van der Waals surface area contributed by atoms with Crippen LogP contribution in [0.3, 0.4) is 0 Å². The van der Waals surface area contributed by atoms with Gasteiger partial charge in [-0.2, -0.15) is 0 Å². The van der Waals surface area contributed by atoms with Crippen LogP contribution in [0.5, 0.6) is 0 Å². The van der Waals surface area contributed by atoms with Crippen molar-refractivity contribution in [2.75, 3.05) is 0 Å². The lowest BCUT2D eigenvalue weighted by Crippen LogP contribution is -2.14. The number of aromatic nitrogens is 1. The highest BCUT2D eigenvalue weighted by Crippen LogP contribution is 2.34. The molecule has 0 radical (unpaired) electrons. The van der Waals surface area contributed by atoms with E-state index in [0.717, 1.165) is 32.0 Å². The van der Waals surface area contributed by atoms with Crippen molar-refractivity contribution >= 4 is 6.29 Å². The van der Waals surface area contributed by atoms with Crippen molar-refractivity contribution in [3.05, 3.63) is 30.1 Å². The average Bonchev–Trinajstić information content (AvgIpc) is 2.30. The topological polar surface area (TPSA) is 30.0 Å². The summed E-state index contributed by atoms with van der Waals surface area (Å²) in [6, 6.07) is 4.18. The molecule has 74 valence electrons. The molecule has 0 spiro atoms. The monoisotopic (exact) mass is 189 g/mol. The molecule has 1 aromatic rings. The first-order valence-electron chi connectivity index (χ1n) is 5.25. The van der Waals surface area contributed by atoms with Crippen molar-refractivity contribution < 1.29 is 4.79 Å². The first-order valence-corrected chi connectivity index (χ1v) is 5.25. The second-order valence-electron chi connectivity index (χ2n) is 4.03. The third-order valence-electron chi connectivity index (χ3n) is 3.14. The number of nitrogens with zero attached hydrogens (tertiary/aromatic N) is 1. The SMILES string of the molecule is O=CC1CCC(c2ccncc2)CC1. The molecule has 1 fully saturated rings. The Balaban J connectivity index is 1.99. The van der Waals surface area contributed by atoms with E-state index in [4.69, 9.17) is 0 Å². The molecule has 0 N–H and O–H groups in total. The van der Waals surface area contributed by atoms with E-state index in [9.17, 15) is 4.79 Å². The number of pyridine rings is 1. The van der Waals surface area contributed by atoms with E-state index in [2.05, 4.69) is 17.1 Å². The minimum absolute atomic E-state index is 0.313. The van der Waals surface area contributed by atoms with Crippen LogP contribution in [0.25, 0.3) is 0 Å². The fraction of sp³-hybridized carbons (Fsp3) is 0.500. The van der Waals surface area contributed by atoms with Crippen molar-refractivity contribution in [1.82, 2.24) is 4.98 Å². The Bertz CT molecular complexity index is 288. The first-order chi connectivity index (χ1) is 6.90. The molecule has 2 rings (SSSR count). The van der Waals surface area contributed by atoms with Crippen LogP contribution in [0, 0.1) is 5.92 Å². The quantitative estimate of drug-likeness (QED) is 0.669. The Morgan fingerprint density at radius 1 is 1.14 bits per heavy atom. The van der Waals surface area contributed by atoms with Gasteiger partial charge in [0.05, 0.1) is 0 Å². The lowest BCUT2D eigenvalue weighted by molar-refractivity contribution is -0.111. The Morgan fingerprint density at radius 3 is 2.36 bits per heavy atom. The van der Waals surface area contributed by atoms with Crippen LogP contribution in [0.4, 0.5) is 0 Å². The summed E-state index contributed by atoms with van der Waals surface area (Å²) < 4.78 is 0. The van der Waals surface area contributed by atoms with Gasteiger partial charge in [-0.25, -0.2) is 0 Å². The number of hydrogen-bond acceptors (Lipinski definition) is 2. The predicted molar refractivity (Wildman–Crippen MR) is 55.0 cm³/mol. The van der Waals surface area contributed by atoms with Crippen LogP contribution in [-0.2, 0) is 4.79 Å². The highest BCUT2D eigenvalue weighted by molar-refractivity contribution is 5.53. The Kier molecular flexibility index (Phi) is 2.92. The normalized spacial score (nSPS) is 27.1. The van der Waals surface area contributed by atoms with Gasteiger partial charge in [-0.05, 0) is 49.3 Å². The summed E-state index contributed by atoms with van der Waals surface area (Å²) in [6.45, 7) is 0. The summed E-state index contributed by atoms with van der Waals surface area (Å²) in [6.07, 6.45) is 9.21. The van der Waals surface area contributed by atoms with Gasteiger partial charge in [0.2, 0.25) is 0 Å². The van der Waals surface area contributed by atoms with E-state index >= 15 is 0 Å². The smallest absolute Gasteiger partial charge is 0.123 e. The minimum atomic E-state index is 0.313. The summed E-state index contributed by atoms with van der Waals surface area (Å²) in [5.41, 5.74) is 1.38. The van der Waals surface area contributed by atoms with Gasteiger partial charge in [-0.1, -0.05) is 0 Å². The van der Waals surface area contributed by atoms with Crippen molar-refractivity contribution in [3.63, 3.8) is 0 Å². The van der Waals surface area contributed by atoms with Crippen LogP contribution < -0.4 is 0 Å². The lowest BCUT2D eigenvalue weighted by atomic mass is 9.79. The molecule has 1 aliphatic carbocycles. The molecule has 2 heteroatoms. The summed E-state index contributed by atoms with van der Waals surface area (Å²) >= 11 is 0. The zero-order valence-corrected chi connectivity index (χ0v) is 8.23. The molecular weight excluding hydrogens is 174 g/mol. The summed E-state index contributed by atoms with van der Waals surface area (Å²) in [5.74, 6) is 0.960. The van der Waals surface area contributed by atoms with Crippen molar-refractivity contribution in [3.8, 4) is 0 Å². The molecule has 0 atom stereocenters. The molecule has 1 aliphatic rings. The van der Waals surface area contributed by atoms with Gasteiger partial charge in [-0.15, -0.1) is 0 Å². The summed E-state index contributed by atoms with van der Waals surface area (Å²) in [7, 11) is 0. The van der Waals surface area contributed by atoms with Gasteiger partial charge >= 0.3 is 0 Å². The van der Waals surface area contributed by atoms with Crippen molar-refractivity contribution in [2.24, 2.45) is 5.92 Å². The van der Waals surface area contributed by atoms with Gasteiger partial charge in [0.1, 0.15) is 6.29 Å². The Labute approximate surface area is 84.4 Å². The van der Waals surface area contributed by atoms with Crippen molar-refractivity contribution in [2.45, 2.75) is 31.6 Å². The third-order valence-corrected chi connectivity index (χ3v) is 3.14.